The van der Waals surface area contributed by atoms with E-state index in [9.17, 15) is 4.79 Å². The van der Waals surface area contributed by atoms with E-state index in [0.29, 0.717) is 6.54 Å². The maximum absolute atomic E-state index is 11.4. The molecule has 0 aromatic heterocycles. The molecule has 2 N–H and O–H groups in total. The number of rotatable bonds is 6. The lowest BCUT2D eigenvalue weighted by atomic mass is 10.1. The molecule has 4 nitrogen and oxygen atoms in total. The molecular formula is C15H24N2O2. The molecule has 1 aromatic carbocycles. The van der Waals surface area contributed by atoms with E-state index in [1.807, 2.05) is 39.0 Å². The summed E-state index contributed by atoms with van der Waals surface area (Å²) in [6.45, 7) is 7.77. The van der Waals surface area contributed by atoms with Crippen LogP contribution < -0.4 is 10.6 Å². The number of amides is 1. The number of hydrogen-bond acceptors (Lipinski definition) is 3. The van der Waals surface area contributed by atoms with Gasteiger partial charge in [-0.2, -0.15) is 0 Å². The molecule has 0 saturated carbocycles. The second kappa shape index (κ2) is 7.79. The lowest BCUT2D eigenvalue weighted by Crippen LogP contribution is -2.36. The van der Waals surface area contributed by atoms with Crippen LogP contribution in [0, 0.1) is 0 Å². The molecule has 0 fully saturated rings. The Hall–Kier alpha value is -1.55. The van der Waals surface area contributed by atoms with Gasteiger partial charge in [0.15, 0.2) is 0 Å². The highest BCUT2D eigenvalue weighted by Gasteiger charge is 2.15. The molecule has 106 valence electrons. The predicted molar refractivity (Wildman–Crippen MR) is 77.3 cm³/mol. The summed E-state index contributed by atoms with van der Waals surface area (Å²) in [5.41, 5.74) is 0.875. The van der Waals surface area contributed by atoms with Crippen LogP contribution in [0.4, 0.5) is 4.79 Å². The van der Waals surface area contributed by atoms with Crippen LogP contribution in [0.25, 0.3) is 0 Å². The van der Waals surface area contributed by atoms with E-state index in [1.165, 1.54) is 5.56 Å². The first-order chi connectivity index (χ1) is 8.97. The molecule has 0 aliphatic carbocycles. The highest BCUT2D eigenvalue weighted by molar-refractivity contribution is 5.67. The third-order valence-corrected chi connectivity index (χ3v) is 2.40. The van der Waals surface area contributed by atoms with Gasteiger partial charge in [-0.05, 0) is 39.3 Å². The highest BCUT2D eigenvalue weighted by atomic mass is 16.6. The van der Waals surface area contributed by atoms with E-state index in [2.05, 4.69) is 22.8 Å². The predicted octanol–water partition coefficient (Wildman–Crippen LogP) is 2.34. The number of ether oxygens (including phenoxy) is 1. The number of alkyl carbamates (subject to hydrolysis) is 1. The maximum atomic E-state index is 11.4. The van der Waals surface area contributed by atoms with Crippen molar-refractivity contribution in [2.75, 3.05) is 19.6 Å². The molecular weight excluding hydrogens is 240 g/mol. The van der Waals surface area contributed by atoms with Crippen molar-refractivity contribution in [1.29, 1.82) is 0 Å². The Bertz CT molecular complexity index is 371. The van der Waals surface area contributed by atoms with E-state index in [-0.39, 0.29) is 6.09 Å². The number of nitrogens with one attached hydrogen (secondary N) is 2. The van der Waals surface area contributed by atoms with E-state index in [0.717, 1.165) is 19.5 Å². The van der Waals surface area contributed by atoms with Gasteiger partial charge in [0, 0.05) is 13.1 Å². The third-order valence-electron chi connectivity index (χ3n) is 2.40. The molecule has 1 aromatic rings. The van der Waals surface area contributed by atoms with Gasteiger partial charge in [0.25, 0.3) is 0 Å². The zero-order chi connectivity index (χ0) is 14.1. The van der Waals surface area contributed by atoms with Crippen molar-refractivity contribution in [3.05, 3.63) is 35.9 Å². The van der Waals surface area contributed by atoms with E-state index < -0.39 is 5.60 Å². The van der Waals surface area contributed by atoms with Gasteiger partial charge in [-0.15, -0.1) is 0 Å². The van der Waals surface area contributed by atoms with Crippen molar-refractivity contribution in [3.63, 3.8) is 0 Å². The van der Waals surface area contributed by atoms with Gasteiger partial charge in [-0.3, -0.25) is 0 Å². The first kappa shape index (κ1) is 15.5. The van der Waals surface area contributed by atoms with Crippen LogP contribution in [-0.4, -0.2) is 31.3 Å². The van der Waals surface area contributed by atoms with Crippen molar-refractivity contribution >= 4 is 6.09 Å². The molecule has 0 radical (unpaired) electrons. The first-order valence-electron chi connectivity index (χ1n) is 6.69. The molecule has 0 bridgehead atoms. The molecule has 0 spiro atoms. The lowest BCUT2D eigenvalue weighted by Gasteiger charge is -2.19. The zero-order valence-electron chi connectivity index (χ0n) is 12.0. The van der Waals surface area contributed by atoms with Crippen LogP contribution in [0.15, 0.2) is 30.3 Å². The molecule has 0 unspecified atom stereocenters. The molecule has 0 saturated heterocycles. The van der Waals surface area contributed by atoms with Crippen molar-refractivity contribution in [3.8, 4) is 0 Å². The fraction of sp³-hybridized carbons (Fsp3) is 0.533. The standard InChI is InChI=1S/C15H24N2O2/c1-15(2,3)19-14(18)17-12-11-16-10-9-13-7-5-4-6-8-13/h4-8,16H,9-12H2,1-3H3,(H,17,18). The summed E-state index contributed by atoms with van der Waals surface area (Å²) in [6.07, 6.45) is 0.630. The molecule has 1 amide bonds. The van der Waals surface area contributed by atoms with Crippen LogP contribution in [-0.2, 0) is 11.2 Å². The summed E-state index contributed by atoms with van der Waals surface area (Å²) in [5, 5.41) is 6.00. The number of hydrogen-bond donors (Lipinski definition) is 2. The molecule has 0 atom stereocenters. The fourth-order valence-corrected chi connectivity index (χ4v) is 1.57. The summed E-state index contributed by atoms with van der Waals surface area (Å²) in [6, 6.07) is 10.3. The van der Waals surface area contributed by atoms with E-state index >= 15 is 0 Å². The Morgan fingerprint density at radius 1 is 1.11 bits per heavy atom. The summed E-state index contributed by atoms with van der Waals surface area (Å²) >= 11 is 0. The van der Waals surface area contributed by atoms with Gasteiger partial charge in [0.05, 0.1) is 0 Å². The minimum absolute atomic E-state index is 0.364. The Balaban J connectivity index is 2.01. The average Bonchev–Trinajstić information content (AvgIpc) is 2.32. The van der Waals surface area contributed by atoms with Gasteiger partial charge in [0.2, 0.25) is 0 Å². The third kappa shape index (κ3) is 8.21. The molecule has 4 heteroatoms. The smallest absolute Gasteiger partial charge is 0.407 e. The van der Waals surface area contributed by atoms with Crippen LogP contribution >= 0.6 is 0 Å². The fourth-order valence-electron chi connectivity index (χ4n) is 1.57. The Kier molecular flexibility index (Phi) is 6.36. The molecule has 0 aliphatic rings. The Morgan fingerprint density at radius 3 is 2.42 bits per heavy atom. The normalized spacial score (nSPS) is 11.1. The van der Waals surface area contributed by atoms with Crippen LogP contribution in [0.1, 0.15) is 26.3 Å². The monoisotopic (exact) mass is 264 g/mol. The van der Waals surface area contributed by atoms with Crippen molar-refractivity contribution in [2.45, 2.75) is 32.8 Å². The van der Waals surface area contributed by atoms with Gasteiger partial charge < -0.3 is 15.4 Å². The highest BCUT2D eigenvalue weighted by Crippen LogP contribution is 2.05. The molecule has 1 rings (SSSR count). The molecule has 0 heterocycles. The lowest BCUT2D eigenvalue weighted by molar-refractivity contribution is 0.0528. The van der Waals surface area contributed by atoms with Crippen LogP contribution in [0.2, 0.25) is 0 Å². The van der Waals surface area contributed by atoms with Gasteiger partial charge >= 0.3 is 6.09 Å². The number of carbonyl (C=O) groups excluding carboxylic acids is 1. The minimum atomic E-state index is -0.440. The summed E-state index contributed by atoms with van der Waals surface area (Å²) in [5.74, 6) is 0. The second-order valence-electron chi connectivity index (χ2n) is 5.41. The van der Waals surface area contributed by atoms with Gasteiger partial charge in [-0.1, -0.05) is 30.3 Å². The molecule has 19 heavy (non-hydrogen) atoms. The van der Waals surface area contributed by atoms with Crippen molar-refractivity contribution in [2.24, 2.45) is 0 Å². The number of benzene rings is 1. The topological polar surface area (TPSA) is 50.4 Å². The van der Waals surface area contributed by atoms with Crippen molar-refractivity contribution in [1.82, 2.24) is 10.6 Å². The van der Waals surface area contributed by atoms with Crippen molar-refractivity contribution < 1.29 is 9.53 Å². The Labute approximate surface area is 115 Å². The quantitative estimate of drug-likeness (QED) is 0.775. The SMILES string of the molecule is CC(C)(C)OC(=O)NCCNCCc1ccccc1. The summed E-state index contributed by atoms with van der Waals surface area (Å²) in [7, 11) is 0. The second-order valence-corrected chi connectivity index (χ2v) is 5.41. The zero-order valence-corrected chi connectivity index (χ0v) is 12.0. The van der Waals surface area contributed by atoms with E-state index in [4.69, 9.17) is 4.74 Å². The first-order valence-corrected chi connectivity index (χ1v) is 6.69. The minimum Gasteiger partial charge on any atom is -0.444 e. The average molecular weight is 264 g/mol. The van der Waals surface area contributed by atoms with Gasteiger partial charge in [-0.25, -0.2) is 4.79 Å². The number of carbonyl (C=O) groups is 1. The largest absolute Gasteiger partial charge is 0.444 e. The summed E-state index contributed by atoms with van der Waals surface area (Å²) in [4.78, 5) is 11.4. The van der Waals surface area contributed by atoms with Gasteiger partial charge in [0.1, 0.15) is 5.60 Å². The van der Waals surface area contributed by atoms with E-state index in [1.54, 1.807) is 0 Å². The Morgan fingerprint density at radius 2 is 1.79 bits per heavy atom. The molecule has 0 aliphatic heterocycles. The van der Waals surface area contributed by atoms with Crippen LogP contribution in [0.5, 0.6) is 0 Å². The maximum Gasteiger partial charge on any atom is 0.407 e. The summed E-state index contributed by atoms with van der Waals surface area (Å²) < 4.78 is 5.14. The van der Waals surface area contributed by atoms with Crippen LogP contribution in [0.3, 0.4) is 0 Å².